The zero-order chi connectivity index (χ0) is 14.5. The molecule has 0 aromatic heterocycles. The number of rotatable bonds is 2. The second-order valence-corrected chi connectivity index (χ2v) is 5.39. The van der Waals surface area contributed by atoms with Gasteiger partial charge in [-0.25, -0.2) is 9.59 Å². The highest BCUT2D eigenvalue weighted by molar-refractivity contribution is 5.83. The van der Waals surface area contributed by atoms with E-state index in [1.165, 1.54) is 4.90 Å². The summed E-state index contributed by atoms with van der Waals surface area (Å²) in [4.78, 5) is 36.0. The molecule has 2 aliphatic rings. The Balaban J connectivity index is 1.94. The van der Waals surface area contributed by atoms with Crippen molar-refractivity contribution in [3.8, 4) is 0 Å². The molecule has 2 heterocycles. The number of nitrogens with zero attached hydrogens (tertiary/aromatic N) is 1. The van der Waals surface area contributed by atoms with E-state index in [1.807, 2.05) is 0 Å². The third-order valence-corrected chi connectivity index (χ3v) is 3.89. The number of piperidine rings is 1. The van der Waals surface area contributed by atoms with Gasteiger partial charge in [-0.1, -0.05) is 12.8 Å². The third kappa shape index (κ3) is 3.61. The quantitative estimate of drug-likeness (QED) is 0.679. The van der Waals surface area contributed by atoms with Crippen LogP contribution in [0.1, 0.15) is 38.5 Å². The van der Waals surface area contributed by atoms with Gasteiger partial charge in [0.15, 0.2) is 0 Å². The first-order valence-corrected chi connectivity index (χ1v) is 7.14. The standard InChI is InChI=1S/C13H21N3O4/c17-11-6-5-9(8-14-11)15-13(20)16-7-3-1-2-4-10(16)12(18)19/h9-10H,1-8H2,(H,14,17)(H,15,20)(H,18,19). The lowest BCUT2D eigenvalue weighted by Gasteiger charge is -2.30. The third-order valence-electron chi connectivity index (χ3n) is 3.89. The average Bonchev–Trinajstić information content (AvgIpc) is 2.67. The fourth-order valence-corrected chi connectivity index (χ4v) is 2.72. The number of hydrogen-bond acceptors (Lipinski definition) is 3. The lowest BCUT2D eigenvalue weighted by molar-refractivity contribution is -0.142. The summed E-state index contributed by atoms with van der Waals surface area (Å²) >= 11 is 0. The molecule has 3 amide bonds. The Bertz CT molecular complexity index is 389. The van der Waals surface area contributed by atoms with Crippen molar-refractivity contribution < 1.29 is 19.5 Å². The van der Waals surface area contributed by atoms with E-state index in [2.05, 4.69) is 10.6 Å². The van der Waals surface area contributed by atoms with Gasteiger partial charge < -0.3 is 20.6 Å². The van der Waals surface area contributed by atoms with Crippen molar-refractivity contribution in [3.05, 3.63) is 0 Å². The summed E-state index contributed by atoms with van der Waals surface area (Å²) in [7, 11) is 0. The van der Waals surface area contributed by atoms with E-state index < -0.39 is 12.0 Å². The first-order valence-electron chi connectivity index (χ1n) is 7.14. The molecule has 112 valence electrons. The molecule has 20 heavy (non-hydrogen) atoms. The summed E-state index contributed by atoms with van der Waals surface area (Å²) < 4.78 is 0. The van der Waals surface area contributed by atoms with Crippen molar-refractivity contribution in [2.24, 2.45) is 0 Å². The number of carboxylic acid groups (broad SMARTS) is 1. The molecule has 7 nitrogen and oxygen atoms in total. The van der Waals surface area contributed by atoms with Gasteiger partial charge in [0, 0.05) is 25.6 Å². The maximum Gasteiger partial charge on any atom is 0.326 e. The van der Waals surface area contributed by atoms with Gasteiger partial charge in [0.2, 0.25) is 5.91 Å². The van der Waals surface area contributed by atoms with Gasteiger partial charge in [-0.15, -0.1) is 0 Å². The van der Waals surface area contributed by atoms with Gasteiger partial charge >= 0.3 is 12.0 Å². The number of aliphatic carboxylic acids is 1. The Hall–Kier alpha value is -1.79. The summed E-state index contributed by atoms with van der Waals surface area (Å²) in [5.41, 5.74) is 0. The van der Waals surface area contributed by atoms with E-state index in [0.29, 0.717) is 32.4 Å². The molecular formula is C13H21N3O4. The topological polar surface area (TPSA) is 98.7 Å². The molecule has 0 radical (unpaired) electrons. The van der Waals surface area contributed by atoms with Crippen LogP contribution in [0.15, 0.2) is 0 Å². The lowest BCUT2D eigenvalue weighted by atomic mass is 10.1. The van der Waals surface area contributed by atoms with Gasteiger partial charge in [-0.05, 0) is 19.3 Å². The van der Waals surface area contributed by atoms with Crippen LogP contribution >= 0.6 is 0 Å². The summed E-state index contributed by atoms with van der Waals surface area (Å²) in [6.07, 6.45) is 4.12. The smallest absolute Gasteiger partial charge is 0.326 e. The Morgan fingerprint density at radius 1 is 1.25 bits per heavy atom. The van der Waals surface area contributed by atoms with Crippen molar-refractivity contribution >= 4 is 17.9 Å². The number of hydrogen-bond donors (Lipinski definition) is 3. The SMILES string of the molecule is O=C1CCC(NC(=O)N2CCCCCC2C(=O)O)CN1. The number of urea groups is 1. The molecule has 2 saturated heterocycles. The van der Waals surface area contributed by atoms with Gasteiger partial charge in [-0.2, -0.15) is 0 Å². The molecular weight excluding hydrogens is 262 g/mol. The molecule has 7 heteroatoms. The highest BCUT2D eigenvalue weighted by Crippen LogP contribution is 2.17. The Labute approximate surface area is 117 Å². The first-order chi connectivity index (χ1) is 9.58. The van der Waals surface area contributed by atoms with E-state index in [0.717, 1.165) is 19.3 Å². The van der Waals surface area contributed by atoms with Crippen molar-refractivity contribution in [1.29, 1.82) is 0 Å². The lowest BCUT2D eigenvalue weighted by Crippen LogP contribution is -2.55. The summed E-state index contributed by atoms with van der Waals surface area (Å²) in [5.74, 6) is -0.951. The van der Waals surface area contributed by atoms with Crippen molar-refractivity contribution in [1.82, 2.24) is 15.5 Å². The van der Waals surface area contributed by atoms with E-state index in [4.69, 9.17) is 0 Å². The molecule has 0 saturated carbocycles. The van der Waals surface area contributed by atoms with Crippen LogP contribution in [0.5, 0.6) is 0 Å². The molecule has 2 unspecified atom stereocenters. The fourth-order valence-electron chi connectivity index (χ4n) is 2.72. The van der Waals surface area contributed by atoms with Crippen LogP contribution in [0, 0.1) is 0 Å². The van der Waals surface area contributed by atoms with Crippen LogP contribution in [-0.4, -0.2) is 53.1 Å². The van der Waals surface area contributed by atoms with Crippen LogP contribution in [0.4, 0.5) is 4.79 Å². The van der Waals surface area contributed by atoms with Gasteiger partial charge in [0.05, 0.1) is 0 Å². The maximum absolute atomic E-state index is 12.3. The molecule has 0 bridgehead atoms. The van der Waals surface area contributed by atoms with Crippen LogP contribution in [0.25, 0.3) is 0 Å². The van der Waals surface area contributed by atoms with Crippen molar-refractivity contribution in [2.45, 2.75) is 50.6 Å². The van der Waals surface area contributed by atoms with Crippen LogP contribution in [-0.2, 0) is 9.59 Å². The summed E-state index contributed by atoms with van der Waals surface area (Å²) in [6, 6.07) is -1.19. The normalized spacial score (nSPS) is 27.4. The number of carboxylic acids is 1. The number of carbonyl (C=O) groups is 3. The minimum absolute atomic E-state index is 0.00585. The zero-order valence-electron chi connectivity index (χ0n) is 11.4. The second-order valence-electron chi connectivity index (χ2n) is 5.39. The molecule has 3 N–H and O–H groups in total. The van der Waals surface area contributed by atoms with E-state index in [1.54, 1.807) is 0 Å². The Morgan fingerprint density at radius 2 is 2.05 bits per heavy atom. The Kier molecular flexibility index (Phi) is 4.81. The number of nitrogens with one attached hydrogen (secondary N) is 2. The monoisotopic (exact) mass is 283 g/mol. The predicted molar refractivity (Wildman–Crippen MR) is 71.2 cm³/mol. The largest absolute Gasteiger partial charge is 0.480 e. The minimum Gasteiger partial charge on any atom is -0.480 e. The minimum atomic E-state index is -0.945. The van der Waals surface area contributed by atoms with E-state index >= 15 is 0 Å². The van der Waals surface area contributed by atoms with Gasteiger partial charge in [0.1, 0.15) is 6.04 Å². The maximum atomic E-state index is 12.3. The Morgan fingerprint density at radius 3 is 2.70 bits per heavy atom. The molecule has 2 fully saturated rings. The number of likely N-dealkylation sites (tertiary alicyclic amines) is 1. The van der Waals surface area contributed by atoms with Gasteiger partial charge in [0.25, 0.3) is 0 Å². The molecule has 0 spiro atoms. The molecule has 2 aliphatic heterocycles. The average molecular weight is 283 g/mol. The van der Waals surface area contributed by atoms with Crippen molar-refractivity contribution in [2.75, 3.05) is 13.1 Å². The highest BCUT2D eigenvalue weighted by Gasteiger charge is 2.32. The predicted octanol–water partition coefficient (Wildman–Crippen LogP) is 0.304. The molecule has 2 rings (SSSR count). The highest BCUT2D eigenvalue weighted by atomic mass is 16.4. The second kappa shape index (κ2) is 6.58. The zero-order valence-corrected chi connectivity index (χ0v) is 11.4. The van der Waals surface area contributed by atoms with E-state index in [-0.39, 0.29) is 18.0 Å². The molecule has 0 aromatic rings. The van der Waals surface area contributed by atoms with Crippen LogP contribution in [0.3, 0.4) is 0 Å². The number of carbonyl (C=O) groups excluding carboxylic acids is 2. The molecule has 0 aromatic carbocycles. The first kappa shape index (κ1) is 14.6. The summed E-state index contributed by atoms with van der Waals surface area (Å²) in [6.45, 7) is 0.887. The van der Waals surface area contributed by atoms with E-state index in [9.17, 15) is 19.5 Å². The number of amides is 3. The van der Waals surface area contributed by atoms with Gasteiger partial charge in [-0.3, -0.25) is 4.79 Å². The van der Waals surface area contributed by atoms with Crippen LogP contribution < -0.4 is 10.6 Å². The molecule has 0 aliphatic carbocycles. The van der Waals surface area contributed by atoms with Crippen molar-refractivity contribution in [3.63, 3.8) is 0 Å². The summed E-state index contributed by atoms with van der Waals surface area (Å²) in [5, 5.41) is 14.8. The fraction of sp³-hybridized carbons (Fsp3) is 0.769. The van der Waals surface area contributed by atoms with Crippen LogP contribution in [0.2, 0.25) is 0 Å². The molecule has 2 atom stereocenters.